The lowest BCUT2D eigenvalue weighted by atomic mass is 10.1. The number of hydrogen-bond acceptors (Lipinski definition) is 2. The van der Waals surface area contributed by atoms with E-state index in [9.17, 15) is 0 Å². The van der Waals surface area contributed by atoms with Gasteiger partial charge >= 0.3 is 0 Å². The van der Waals surface area contributed by atoms with Crippen molar-refractivity contribution in [3.63, 3.8) is 0 Å². The van der Waals surface area contributed by atoms with Crippen LogP contribution in [0, 0.1) is 0 Å². The first kappa shape index (κ1) is 13.3. The number of thiocarbonyl (C=S) groups is 1. The Bertz CT molecular complexity index is 322. The van der Waals surface area contributed by atoms with Crippen LogP contribution in [0.1, 0.15) is 12.0 Å². The number of aryl methyl sites for hydroxylation is 1. The van der Waals surface area contributed by atoms with E-state index in [1.165, 1.54) is 5.56 Å². The van der Waals surface area contributed by atoms with E-state index >= 15 is 0 Å². The minimum absolute atomic E-state index is 0.868. The largest absolute Gasteiger partial charge is 0.371 e. The van der Waals surface area contributed by atoms with Crippen LogP contribution in [0.4, 0.5) is 0 Å². The fraction of sp³-hybridized carbons (Fsp3) is 0.308. The molecule has 0 spiro atoms. The van der Waals surface area contributed by atoms with Gasteiger partial charge in [-0.05, 0) is 18.4 Å². The first-order valence-corrected chi connectivity index (χ1v) is 6.78. The number of thioether (sulfide) groups is 1. The Kier molecular flexibility index (Phi) is 6.93. The second-order valence-electron chi connectivity index (χ2n) is 3.40. The maximum atomic E-state index is 5.15. The number of hydrogen-bond donors (Lipinski definition) is 1. The van der Waals surface area contributed by atoms with Crippen LogP contribution >= 0.6 is 24.0 Å². The fourth-order valence-electron chi connectivity index (χ4n) is 1.31. The van der Waals surface area contributed by atoms with Crippen molar-refractivity contribution in [3.8, 4) is 0 Å². The highest BCUT2D eigenvalue weighted by Crippen LogP contribution is 2.03. The molecule has 0 heterocycles. The van der Waals surface area contributed by atoms with Crippen molar-refractivity contribution in [3.05, 3.63) is 48.6 Å². The Hall–Kier alpha value is -0.800. The third-order valence-corrected chi connectivity index (χ3v) is 3.39. The summed E-state index contributed by atoms with van der Waals surface area (Å²) in [4.78, 5) is 0. The second-order valence-corrected chi connectivity index (χ2v) is 5.10. The van der Waals surface area contributed by atoms with Crippen LogP contribution < -0.4 is 5.32 Å². The van der Waals surface area contributed by atoms with Gasteiger partial charge in [0.25, 0.3) is 0 Å². The Labute approximate surface area is 107 Å². The van der Waals surface area contributed by atoms with Crippen molar-refractivity contribution in [1.82, 2.24) is 5.32 Å². The molecule has 0 saturated heterocycles. The van der Waals surface area contributed by atoms with Crippen LogP contribution in [0.25, 0.3) is 0 Å². The maximum absolute atomic E-state index is 5.15. The summed E-state index contributed by atoms with van der Waals surface area (Å²) < 4.78 is 0.868. The lowest BCUT2D eigenvalue weighted by Crippen LogP contribution is -2.20. The molecule has 0 radical (unpaired) electrons. The van der Waals surface area contributed by atoms with E-state index in [-0.39, 0.29) is 0 Å². The van der Waals surface area contributed by atoms with Crippen molar-refractivity contribution >= 4 is 28.3 Å². The Balaban J connectivity index is 2.08. The van der Waals surface area contributed by atoms with Gasteiger partial charge < -0.3 is 5.32 Å². The molecule has 1 rings (SSSR count). The van der Waals surface area contributed by atoms with Crippen LogP contribution in [0.2, 0.25) is 0 Å². The van der Waals surface area contributed by atoms with E-state index in [4.69, 9.17) is 12.2 Å². The van der Waals surface area contributed by atoms with Crippen LogP contribution in [-0.4, -0.2) is 16.6 Å². The van der Waals surface area contributed by atoms with Gasteiger partial charge in [0.2, 0.25) is 0 Å². The van der Waals surface area contributed by atoms with Crippen molar-refractivity contribution in [1.29, 1.82) is 0 Å². The van der Waals surface area contributed by atoms with Crippen molar-refractivity contribution in [2.24, 2.45) is 0 Å². The standard InChI is InChI=1S/C13H17NS2/c1-2-11-16-13(15)14-10-6-9-12-7-4-3-5-8-12/h2-5,7-8H,1,6,9-11H2,(H,14,15). The zero-order chi connectivity index (χ0) is 11.6. The normalized spacial score (nSPS) is 9.75. The third-order valence-electron chi connectivity index (χ3n) is 2.09. The van der Waals surface area contributed by atoms with Crippen LogP contribution in [-0.2, 0) is 6.42 Å². The molecule has 1 nitrogen and oxygen atoms in total. The minimum Gasteiger partial charge on any atom is -0.371 e. The predicted molar refractivity (Wildman–Crippen MR) is 78.0 cm³/mol. The van der Waals surface area contributed by atoms with Crippen molar-refractivity contribution < 1.29 is 0 Å². The van der Waals surface area contributed by atoms with Crippen LogP contribution in [0.15, 0.2) is 43.0 Å². The highest BCUT2D eigenvalue weighted by Gasteiger charge is 1.95. The second kappa shape index (κ2) is 8.36. The molecule has 0 aromatic heterocycles. The molecule has 0 aliphatic rings. The Morgan fingerprint density at radius 1 is 1.38 bits per heavy atom. The Morgan fingerprint density at radius 2 is 2.12 bits per heavy atom. The molecular formula is C13H17NS2. The predicted octanol–water partition coefficient (Wildman–Crippen LogP) is 3.41. The summed E-state index contributed by atoms with van der Waals surface area (Å²) in [6.45, 7) is 4.60. The molecule has 0 unspecified atom stereocenters. The van der Waals surface area contributed by atoms with E-state index in [2.05, 4.69) is 36.2 Å². The van der Waals surface area contributed by atoms with Gasteiger partial charge in [0.1, 0.15) is 4.32 Å². The molecule has 0 bridgehead atoms. The molecule has 0 atom stereocenters. The maximum Gasteiger partial charge on any atom is 0.134 e. The zero-order valence-electron chi connectivity index (χ0n) is 9.32. The summed E-state index contributed by atoms with van der Waals surface area (Å²) in [5.74, 6) is 0.879. The molecule has 86 valence electrons. The molecule has 1 N–H and O–H groups in total. The summed E-state index contributed by atoms with van der Waals surface area (Å²) in [6, 6.07) is 10.5. The lowest BCUT2D eigenvalue weighted by molar-refractivity contribution is 0.782. The SMILES string of the molecule is C=CCSC(=S)NCCCc1ccccc1. The van der Waals surface area contributed by atoms with Gasteiger partial charge in [0, 0.05) is 12.3 Å². The zero-order valence-corrected chi connectivity index (χ0v) is 10.9. The molecule has 16 heavy (non-hydrogen) atoms. The molecule has 0 amide bonds. The molecule has 0 saturated carbocycles. The Morgan fingerprint density at radius 3 is 2.81 bits per heavy atom. The minimum atomic E-state index is 0.868. The summed E-state index contributed by atoms with van der Waals surface area (Å²) in [5.41, 5.74) is 1.38. The third kappa shape index (κ3) is 5.93. The molecule has 1 aromatic carbocycles. The summed E-state index contributed by atoms with van der Waals surface area (Å²) in [6.07, 6.45) is 4.07. The van der Waals surface area contributed by atoms with E-state index in [0.29, 0.717) is 0 Å². The first-order chi connectivity index (χ1) is 7.83. The first-order valence-electron chi connectivity index (χ1n) is 5.38. The lowest BCUT2D eigenvalue weighted by Gasteiger charge is -2.06. The highest BCUT2D eigenvalue weighted by molar-refractivity contribution is 8.23. The fourth-order valence-corrected chi connectivity index (χ4v) is 2.09. The molecule has 0 fully saturated rings. The molecule has 0 aliphatic heterocycles. The van der Waals surface area contributed by atoms with Crippen molar-refractivity contribution in [2.45, 2.75) is 12.8 Å². The van der Waals surface area contributed by atoms with E-state index < -0.39 is 0 Å². The molecule has 1 aromatic rings. The summed E-state index contributed by atoms with van der Waals surface area (Å²) in [5, 5.41) is 3.23. The van der Waals surface area contributed by atoms with E-state index in [1.54, 1.807) is 11.8 Å². The smallest absolute Gasteiger partial charge is 0.134 e. The summed E-state index contributed by atoms with van der Waals surface area (Å²) in [7, 11) is 0. The number of rotatable bonds is 6. The van der Waals surface area contributed by atoms with Crippen LogP contribution in [0.3, 0.4) is 0 Å². The average molecular weight is 251 g/mol. The molecular weight excluding hydrogens is 234 g/mol. The number of nitrogens with one attached hydrogen (secondary N) is 1. The number of benzene rings is 1. The van der Waals surface area contributed by atoms with E-state index in [1.807, 2.05) is 12.1 Å². The van der Waals surface area contributed by atoms with Gasteiger partial charge in [-0.2, -0.15) is 0 Å². The van der Waals surface area contributed by atoms with E-state index in [0.717, 1.165) is 29.5 Å². The summed E-state index contributed by atoms with van der Waals surface area (Å²) >= 11 is 6.78. The highest BCUT2D eigenvalue weighted by atomic mass is 32.2. The average Bonchev–Trinajstić information content (AvgIpc) is 2.33. The van der Waals surface area contributed by atoms with Gasteiger partial charge in [-0.25, -0.2) is 0 Å². The van der Waals surface area contributed by atoms with Crippen LogP contribution in [0.5, 0.6) is 0 Å². The monoisotopic (exact) mass is 251 g/mol. The van der Waals surface area contributed by atoms with Gasteiger partial charge in [-0.1, -0.05) is 60.4 Å². The molecule has 0 aliphatic carbocycles. The van der Waals surface area contributed by atoms with Gasteiger partial charge in [0.15, 0.2) is 0 Å². The van der Waals surface area contributed by atoms with Gasteiger partial charge in [-0.15, -0.1) is 6.58 Å². The van der Waals surface area contributed by atoms with Crippen molar-refractivity contribution in [2.75, 3.05) is 12.3 Å². The molecule has 3 heteroatoms. The topological polar surface area (TPSA) is 12.0 Å². The quantitative estimate of drug-likeness (QED) is 0.473. The van der Waals surface area contributed by atoms with Gasteiger partial charge in [-0.3, -0.25) is 0 Å². The van der Waals surface area contributed by atoms with Gasteiger partial charge in [0.05, 0.1) is 0 Å².